The van der Waals surface area contributed by atoms with E-state index in [0.717, 1.165) is 6.21 Å². The fourth-order valence-electron chi connectivity index (χ4n) is 1.37. The first-order valence-corrected chi connectivity index (χ1v) is 6.04. The lowest BCUT2D eigenvalue weighted by atomic mass is 10.0. The van der Waals surface area contributed by atoms with Gasteiger partial charge in [-0.15, -0.1) is 0 Å². The van der Waals surface area contributed by atoms with E-state index in [-0.39, 0.29) is 0 Å². The van der Waals surface area contributed by atoms with Crippen molar-refractivity contribution >= 4 is 12.1 Å². The fourth-order valence-corrected chi connectivity index (χ4v) is 1.37. The maximum atomic E-state index is 11.6. The van der Waals surface area contributed by atoms with Crippen LogP contribution in [0.1, 0.15) is 10.4 Å². The minimum absolute atomic E-state index is 0.299. The normalized spacial score (nSPS) is 17.2. The van der Waals surface area contributed by atoms with E-state index in [1.54, 1.807) is 0 Å². The smallest absolute Gasteiger partial charge is 0.271 e. The maximum absolute atomic E-state index is 11.6. The molecule has 0 unspecified atom stereocenters. The van der Waals surface area contributed by atoms with Gasteiger partial charge in [0.05, 0.1) is 12.8 Å². The van der Waals surface area contributed by atoms with Crippen LogP contribution in [0.5, 0.6) is 0 Å². The van der Waals surface area contributed by atoms with Crippen molar-refractivity contribution in [2.75, 3.05) is 6.61 Å². The molecule has 0 spiro atoms. The van der Waals surface area contributed by atoms with E-state index >= 15 is 0 Å². The van der Waals surface area contributed by atoms with Crippen LogP contribution in [0.3, 0.4) is 0 Å². The zero-order valence-corrected chi connectivity index (χ0v) is 10.9. The molecule has 116 valence electrons. The number of carbonyl (C=O) groups excluding carboxylic acids is 1. The number of hydrogen-bond acceptors (Lipinski definition) is 8. The number of nitrogens with one attached hydrogen (secondary N) is 1. The summed E-state index contributed by atoms with van der Waals surface area (Å²) < 4.78 is 0. The van der Waals surface area contributed by atoms with Crippen molar-refractivity contribution in [1.82, 2.24) is 10.4 Å². The SMILES string of the molecule is O=C(N/N=C\[C@@H](O)[C@@H](O)[C@H](O)[C@@H](O)CO)c1ccncc1. The number of rotatable bonds is 7. The predicted octanol–water partition coefficient (Wildman–Crippen LogP) is -2.77. The van der Waals surface area contributed by atoms with Crippen molar-refractivity contribution in [3.05, 3.63) is 30.1 Å². The van der Waals surface area contributed by atoms with Crippen molar-refractivity contribution in [2.45, 2.75) is 24.4 Å². The van der Waals surface area contributed by atoms with E-state index in [9.17, 15) is 20.1 Å². The molecule has 0 saturated carbocycles. The van der Waals surface area contributed by atoms with Crippen LogP contribution < -0.4 is 5.43 Å². The Morgan fingerprint density at radius 3 is 2.43 bits per heavy atom. The Morgan fingerprint density at radius 2 is 1.86 bits per heavy atom. The third-order valence-corrected chi connectivity index (χ3v) is 2.62. The molecule has 1 aromatic heterocycles. The van der Waals surface area contributed by atoms with Gasteiger partial charge in [0.25, 0.3) is 5.91 Å². The molecule has 0 aliphatic carbocycles. The molecular formula is C12H17N3O6. The van der Waals surface area contributed by atoms with E-state index < -0.39 is 36.9 Å². The lowest BCUT2D eigenvalue weighted by molar-refractivity contribution is -0.0999. The molecule has 0 aliphatic rings. The van der Waals surface area contributed by atoms with E-state index in [1.807, 2.05) is 0 Å². The Hall–Kier alpha value is -1.91. The van der Waals surface area contributed by atoms with Crippen LogP contribution in [0.4, 0.5) is 0 Å². The van der Waals surface area contributed by atoms with Crippen molar-refractivity contribution in [2.24, 2.45) is 5.10 Å². The predicted molar refractivity (Wildman–Crippen MR) is 71.3 cm³/mol. The molecule has 0 aromatic carbocycles. The van der Waals surface area contributed by atoms with Gasteiger partial charge in [0, 0.05) is 18.0 Å². The molecular weight excluding hydrogens is 282 g/mol. The second-order valence-electron chi connectivity index (χ2n) is 4.18. The van der Waals surface area contributed by atoms with Crippen molar-refractivity contribution < 1.29 is 30.3 Å². The highest BCUT2D eigenvalue weighted by Crippen LogP contribution is 2.03. The molecule has 6 N–H and O–H groups in total. The summed E-state index contributed by atoms with van der Waals surface area (Å²) in [6.07, 6.45) is -3.14. The topological polar surface area (TPSA) is 156 Å². The van der Waals surface area contributed by atoms with Crippen LogP contribution in [-0.4, -0.2) is 73.7 Å². The van der Waals surface area contributed by atoms with Gasteiger partial charge in [-0.25, -0.2) is 5.43 Å². The largest absolute Gasteiger partial charge is 0.394 e. The van der Waals surface area contributed by atoms with Gasteiger partial charge in [0.1, 0.15) is 24.4 Å². The maximum Gasteiger partial charge on any atom is 0.271 e. The first-order chi connectivity index (χ1) is 9.97. The van der Waals surface area contributed by atoms with E-state index in [0.29, 0.717) is 5.56 Å². The summed E-state index contributed by atoms with van der Waals surface area (Å²) >= 11 is 0. The number of nitrogens with zero attached hydrogens (tertiary/aromatic N) is 2. The Kier molecular flexibility index (Phi) is 6.85. The summed E-state index contributed by atoms with van der Waals surface area (Å²) in [7, 11) is 0. The lowest BCUT2D eigenvalue weighted by Crippen LogP contribution is -2.46. The Morgan fingerprint density at radius 1 is 1.24 bits per heavy atom. The summed E-state index contributed by atoms with van der Waals surface area (Å²) in [6.45, 7) is -0.777. The third-order valence-electron chi connectivity index (χ3n) is 2.62. The summed E-state index contributed by atoms with van der Waals surface area (Å²) in [4.78, 5) is 15.3. The van der Waals surface area contributed by atoms with Gasteiger partial charge in [0.15, 0.2) is 0 Å². The first kappa shape index (κ1) is 17.1. The molecule has 4 atom stereocenters. The summed E-state index contributed by atoms with van der Waals surface area (Å²) in [5.41, 5.74) is 2.40. The molecule has 1 heterocycles. The minimum atomic E-state index is -1.77. The highest BCUT2D eigenvalue weighted by molar-refractivity contribution is 5.94. The fraction of sp³-hybridized carbons (Fsp3) is 0.417. The van der Waals surface area contributed by atoms with Crippen molar-refractivity contribution in [3.63, 3.8) is 0 Å². The molecule has 1 amide bonds. The van der Waals surface area contributed by atoms with Gasteiger partial charge >= 0.3 is 0 Å². The van der Waals surface area contributed by atoms with Gasteiger partial charge in [-0.2, -0.15) is 5.10 Å². The zero-order chi connectivity index (χ0) is 15.8. The van der Waals surface area contributed by atoms with Crippen LogP contribution in [0.2, 0.25) is 0 Å². The summed E-state index contributed by atoms with van der Waals surface area (Å²) in [6, 6.07) is 2.91. The molecule has 0 bridgehead atoms. The monoisotopic (exact) mass is 299 g/mol. The molecule has 0 saturated heterocycles. The van der Waals surface area contributed by atoms with Crippen molar-refractivity contribution in [3.8, 4) is 0 Å². The summed E-state index contributed by atoms with van der Waals surface area (Å²) in [5.74, 6) is -0.550. The molecule has 0 aliphatic heterocycles. The number of pyridine rings is 1. The average Bonchev–Trinajstić information content (AvgIpc) is 2.53. The van der Waals surface area contributed by atoms with E-state index in [1.165, 1.54) is 24.5 Å². The van der Waals surface area contributed by atoms with Gasteiger partial charge in [-0.1, -0.05) is 0 Å². The number of aromatic nitrogens is 1. The lowest BCUT2D eigenvalue weighted by Gasteiger charge is -2.23. The number of hydrogen-bond donors (Lipinski definition) is 6. The Balaban J connectivity index is 2.51. The molecule has 21 heavy (non-hydrogen) atoms. The molecule has 9 heteroatoms. The van der Waals surface area contributed by atoms with Crippen molar-refractivity contribution in [1.29, 1.82) is 0 Å². The standard InChI is InChI=1S/C12H17N3O6/c16-6-9(18)11(20)10(19)8(17)5-14-15-12(21)7-1-3-13-4-2-7/h1-5,8-11,16-20H,6H2,(H,15,21)/b14-5-/t8-,9+,10-,11-/m1/s1. The zero-order valence-electron chi connectivity index (χ0n) is 10.9. The van der Waals surface area contributed by atoms with Gasteiger partial charge in [-0.3, -0.25) is 9.78 Å². The Bertz CT molecular complexity index is 469. The number of amides is 1. The van der Waals surface area contributed by atoms with Crippen LogP contribution in [-0.2, 0) is 0 Å². The second-order valence-corrected chi connectivity index (χ2v) is 4.18. The van der Waals surface area contributed by atoms with Crippen LogP contribution >= 0.6 is 0 Å². The number of carbonyl (C=O) groups is 1. The third kappa shape index (κ3) is 5.17. The number of hydrazone groups is 1. The second kappa shape index (κ2) is 8.39. The molecule has 9 nitrogen and oxygen atoms in total. The quantitative estimate of drug-likeness (QED) is 0.235. The van der Waals surface area contributed by atoms with Gasteiger partial charge in [0.2, 0.25) is 0 Å². The van der Waals surface area contributed by atoms with Gasteiger partial charge < -0.3 is 25.5 Å². The first-order valence-electron chi connectivity index (χ1n) is 6.04. The van der Waals surface area contributed by atoms with Crippen LogP contribution in [0.25, 0.3) is 0 Å². The highest BCUT2D eigenvalue weighted by Gasteiger charge is 2.29. The highest BCUT2D eigenvalue weighted by atomic mass is 16.4. The van der Waals surface area contributed by atoms with E-state index in [4.69, 9.17) is 10.2 Å². The number of aliphatic hydroxyl groups is 5. The minimum Gasteiger partial charge on any atom is -0.394 e. The van der Waals surface area contributed by atoms with Crippen LogP contribution in [0, 0.1) is 0 Å². The van der Waals surface area contributed by atoms with Crippen LogP contribution in [0.15, 0.2) is 29.6 Å². The molecule has 0 radical (unpaired) electrons. The van der Waals surface area contributed by atoms with E-state index in [2.05, 4.69) is 15.5 Å². The molecule has 1 rings (SSSR count). The van der Waals surface area contributed by atoms with Gasteiger partial charge in [-0.05, 0) is 12.1 Å². The average molecular weight is 299 g/mol. The molecule has 1 aromatic rings. The molecule has 0 fully saturated rings. The number of aliphatic hydroxyl groups excluding tert-OH is 5. The summed E-state index contributed by atoms with van der Waals surface area (Å²) in [5, 5.41) is 49.5. The Labute approximate surface area is 120 Å².